The number of rotatable bonds is 6. The van der Waals surface area contributed by atoms with Crippen LogP contribution < -0.4 is 11.5 Å². The summed E-state index contributed by atoms with van der Waals surface area (Å²) < 4.78 is 0. The van der Waals surface area contributed by atoms with Crippen molar-refractivity contribution >= 4 is 12.0 Å². The lowest BCUT2D eigenvalue weighted by Crippen LogP contribution is -2.45. The fourth-order valence-electron chi connectivity index (χ4n) is 1.77. The Hall–Kier alpha value is -2.08. The maximum absolute atomic E-state index is 10.9. The van der Waals surface area contributed by atoms with Crippen molar-refractivity contribution in [3.05, 3.63) is 35.4 Å². The summed E-state index contributed by atoms with van der Waals surface area (Å²) in [6.07, 6.45) is -0.652. The zero-order valence-electron chi connectivity index (χ0n) is 10.9. The monoisotopic (exact) mass is 265 g/mol. The average Bonchev–Trinajstić information content (AvgIpc) is 2.30. The van der Waals surface area contributed by atoms with Crippen LogP contribution in [0.3, 0.4) is 0 Å². The predicted molar refractivity (Wildman–Crippen MR) is 71.7 cm³/mol. The standard InChI is InChI=1S/C13H19N3O3/c1-9-2-4-10(5-3-9)6-11(14)7-16(13(18)19)8-12(15)17/h2-5,11H,6-8,14H2,1H3,(H2,15,17)(H,18,19). The molecule has 0 bridgehead atoms. The molecule has 19 heavy (non-hydrogen) atoms. The fraction of sp³-hybridized carbons (Fsp3) is 0.385. The third-order valence-electron chi connectivity index (χ3n) is 2.69. The molecule has 0 aromatic heterocycles. The molecule has 104 valence electrons. The van der Waals surface area contributed by atoms with Gasteiger partial charge in [-0.1, -0.05) is 29.8 Å². The van der Waals surface area contributed by atoms with Crippen molar-refractivity contribution in [2.45, 2.75) is 19.4 Å². The number of carbonyl (C=O) groups is 2. The fourth-order valence-corrected chi connectivity index (χ4v) is 1.77. The van der Waals surface area contributed by atoms with Crippen molar-refractivity contribution in [1.82, 2.24) is 4.90 Å². The average molecular weight is 265 g/mol. The van der Waals surface area contributed by atoms with Crippen LogP contribution in [-0.4, -0.2) is 41.1 Å². The molecule has 1 rings (SSSR count). The van der Waals surface area contributed by atoms with Crippen LogP contribution in [0.1, 0.15) is 11.1 Å². The lowest BCUT2D eigenvalue weighted by atomic mass is 10.0. The number of carboxylic acid groups (broad SMARTS) is 1. The Morgan fingerprint density at radius 2 is 1.89 bits per heavy atom. The van der Waals surface area contributed by atoms with Gasteiger partial charge >= 0.3 is 6.09 Å². The highest BCUT2D eigenvalue weighted by Crippen LogP contribution is 2.06. The third kappa shape index (κ3) is 5.39. The van der Waals surface area contributed by atoms with E-state index in [0.29, 0.717) is 6.42 Å². The second-order valence-electron chi connectivity index (χ2n) is 4.58. The minimum atomic E-state index is -1.20. The van der Waals surface area contributed by atoms with Crippen molar-refractivity contribution in [3.63, 3.8) is 0 Å². The third-order valence-corrected chi connectivity index (χ3v) is 2.69. The Morgan fingerprint density at radius 1 is 1.32 bits per heavy atom. The van der Waals surface area contributed by atoms with Crippen LogP contribution in [0.5, 0.6) is 0 Å². The second-order valence-corrected chi connectivity index (χ2v) is 4.58. The lowest BCUT2D eigenvalue weighted by Gasteiger charge is -2.21. The minimum Gasteiger partial charge on any atom is -0.465 e. The van der Waals surface area contributed by atoms with Gasteiger partial charge in [-0.25, -0.2) is 4.79 Å². The summed E-state index contributed by atoms with van der Waals surface area (Å²) in [6.45, 7) is 1.73. The highest BCUT2D eigenvalue weighted by atomic mass is 16.4. The van der Waals surface area contributed by atoms with Crippen molar-refractivity contribution < 1.29 is 14.7 Å². The number of nitrogens with two attached hydrogens (primary N) is 2. The molecule has 0 spiro atoms. The molecule has 0 heterocycles. The zero-order valence-corrected chi connectivity index (χ0v) is 10.9. The second kappa shape index (κ2) is 6.75. The molecule has 0 saturated carbocycles. The van der Waals surface area contributed by atoms with Gasteiger partial charge in [-0.2, -0.15) is 0 Å². The zero-order chi connectivity index (χ0) is 14.4. The maximum atomic E-state index is 10.9. The van der Waals surface area contributed by atoms with Crippen molar-refractivity contribution in [1.29, 1.82) is 0 Å². The quantitative estimate of drug-likeness (QED) is 0.688. The SMILES string of the molecule is Cc1ccc(CC(N)CN(CC(N)=O)C(=O)O)cc1. The predicted octanol–water partition coefficient (Wildman–Crippen LogP) is 0.330. The van der Waals surface area contributed by atoms with Gasteiger partial charge in [0.2, 0.25) is 5.91 Å². The van der Waals surface area contributed by atoms with Crippen LogP contribution in [0.15, 0.2) is 24.3 Å². The van der Waals surface area contributed by atoms with Gasteiger partial charge in [-0.15, -0.1) is 0 Å². The van der Waals surface area contributed by atoms with Crippen LogP contribution in [0.4, 0.5) is 4.79 Å². The Morgan fingerprint density at radius 3 is 2.37 bits per heavy atom. The normalized spacial score (nSPS) is 11.9. The van der Waals surface area contributed by atoms with Gasteiger partial charge in [0.25, 0.3) is 0 Å². The van der Waals surface area contributed by atoms with E-state index in [1.165, 1.54) is 0 Å². The molecular formula is C13H19N3O3. The van der Waals surface area contributed by atoms with Gasteiger partial charge in [-0.05, 0) is 18.9 Å². The van der Waals surface area contributed by atoms with Crippen molar-refractivity contribution in [2.24, 2.45) is 11.5 Å². The molecule has 0 saturated heterocycles. The van der Waals surface area contributed by atoms with E-state index in [2.05, 4.69) is 0 Å². The first-order valence-electron chi connectivity index (χ1n) is 5.95. The molecule has 5 N–H and O–H groups in total. The van der Waals surface area contributed by atoms with Gasteiger partial charge < -0.3 is 16.6 Å². The molecule has 1 atom stereocenters. The molecule has 0 aliphatic heterocycles. The largest absolute Gasteiger partial charge is 0.465 e. The topological polar surface area (TPSA) is 110 Å². The van der Waals surface area contributed by atoms with Gasteiger partial charge in [0.15, 0.2) is 0 Å². The minimum absolute atomic E-state index is 0.0755. The number of hydrogen-bond acceptors (Lipinski definition) is 3. The van der Waals surface area contributed by atoms with E-state index >= 15 is 0 Å². The van der Waals surface area contributed by atoms with Gasteiger partial charge in [0.1, 0.15) is 6.54 Å². The smallest absolute Gasteiger partial charge is 0.407 e. The molecule has 0 radical (unpaired) electrons. The van der Waals surface area contributed by atoms with E-state index in [1.54, 1.807) is 0 Å². The molecule has 2 amide bonds. The van der Waals surface area contributed by atoms with E-state index in [-0.39, 0.29) is 19.1 Å². The van der Waals surface area contributed by atoms with Crippen LogP contribution in [-0.2, 0) is 11.2 Å². The van der Waals surface area contributed by atoms with Crippen LogP contribution in [0.2, 0.25) is 0 Å². The Bertz CT molecular complexity index is 445. The van der Waals surface area contributed by atoms with Crippen LogP contribution in [0.25, 0.3) is 0 Å². The summed E-state index contributed by atoms with van der Waals surface area (Å²) in [7, 11) is 0. The molecule has 6 heteroatoms. The van der Waals surface area contributed by atoms with Crippen LogP contribution in [0, 0.1) is 6.92 Å². The number of hydrogen-bond donors (Lipinski definition) is 3. The Balaban J connectivity index is 2.57. The van der Waals surface area contributed by atoms with E-state index < -0.39 is 12.0 Å². The Kier molecular flexibility index (Phi) is 5.32. The maximum Gasteiger partial charge on any atom is 0.407 e. The van der Waals surface area contributed by atoms with E-state index in [9.17, 15) is 9.59 Å². The Labute approximate surface area is 112 Å². The summed E-state index contributed by atoms with van der Waals surface area (Å²) in [5.41, 5.74) is 13.1. The molecule has 1 unspecified atom stereocenters. The summed E-state index contributed by atoms with van der Waals surface area (Å²) in [5.74, 6) is -0.690. The number of nitrogens with zero attached hydrogens (tertiary/aromatic N) is 1. The summed E-state index contributed by atoms with van der Waals surface area (Å²) in [4.78, 5) is 22.6. The molecule has 0 aliphatic carbocycles. The number of benzene rings is 1. The molecule has 0 aliphatic rings. The highest BCUT2D eigenvalue weighted by Gasteiger charge is 2.17. The molecule has 0 fully saturated rings. The lowest BCUT2D eigenvalue weighted by molar-refractivity contribution is -0.118. The number of aryl methyl sites for hydroxylation is 1. The highest BCUT2D eigenvalue weighted by molar-refractivity contribution is 5.80. The summed E-state index contributed by atoms with van der Waals surface area (Å²) >= 11 is 0. The van der Waals surface area contributed by atoms with Gasteiger partial charge in [0, 0.05) is 12.6 Å². The first kappa shape index (κ1) is 15.0. The van der Waals surface area contributed by atoms with E-state index in [0.717, 1.165) is 16.0 Å². The number of primary amides is 1. The van der Waals surface area contributed by atoms with E-state index in [4.69, 9.17) is 16.6 Å². The number of carbonyl (C=O) groups excluding carboxylic acids is 1. The molecule has 6 nitrogen and oxygen atoms in total. The molecular weight excluding hydrogens is 246 g/mol. The molecule has 1 aromatic carbocycles. The van der Waals surface area contributed by atoms with E-state index in [1.807, 2.05) is 31.2 Å². The first-order valence-corrected chi connectivity index (χ1v) is 5.95. The van der Waals surface area contributed by atoms with Gasteiger partial charge in [-0.3, -0.25) is 9.69 Å². The van der Waals surface area contributed by atoms with Crippen LogP contribution >= 0.6 is 0 Å². The summed E-state index contributed by atoms with van der Waals surface area (Å²) in [5, 5.41) is 8.94. The first-order chi connectivity index (χ1) is 8.88. The van der Waals surface area contributed by atoms with Gasteiger partial charge in [0.05, 0.1) is 0 Å². The summed E-state index contributed by atoms with van der Waals surface area (Å²) in [6, 6.07) is 7.47. The number of amides is 2. The van der Waals surface area contributed by atoms with Crippen molar-refractivity contribution in [2.75, 3.05) is 13.1 Å². The molecule has 1 aromatic rings. The van der Waals surface area contributed by atoms with Crippen molar-refractivity contribution in [3.8, 4) is 0 Å².